The van der Waals surface area contributed by atoms with E-state index in [4.69, 9.17) is 15.0 Å². The summed E-state index contributed by atoms with van der Waals surface area (Å²) < 4.78 is 0. The van der Waals surface area contributed by atoms with Crippen LogP contribution in [0.4, 0.5) is 17.8 Å². The van der Waals surface area contributed by atoms with Crippen molar-refractivity contribution in [3.63, 3.8) is 0 Å². The van der Waals surface area contributed by atoms with Crippen LogP contribution in [0.25, 0.3) is 0 Å². The monoisotopic (exact) mass is 805 g/mol. The number of rotatable bonds is 9. The molecule has 5 heterocycles. The summed E-state index contributed by atoms with van der Waals surface area (Å²) in [5.41, 5.74) is -4.85. The minimum Gasteiger partial charge on any atom is -0.480 e. The van der Waals surface area contributed by atoms with Crippen LogP contribution in [0.15, 0.2) is 0 Å². The second-order valence-corrected chi connectivity index (χ2v) is 22.8. The second-order valence-electron chi connectivity index (χ2n) is 22.8. The van der Waals surface area contributed by atoms with E-state index < -0.39 is 56.8 Å². The molecule has 1 aromatic heterocycles. The first kappa shape index (κ1) is 45.6. The molecule has 4 aliphatic rings. The molecule has 5 rings (SSSR count). The van der Waals surface area contributed by atoms with Crippen LogP contribution < -0.4 is 15.1 Å². The number of piperidine rings is 4. The molecule has 4 aliphatic heterocycles. The van der Waals surface area contributed by atoms with Gasteiger partial charge in [0, 0.05) is 68.5 Å². The zero-order valence-corrected chi connectivity index (χ0v) is 37.8. The summed E-state index contributed by atoms with van der Waals surface area (Å²) in [6.07, 6.45) is 4.70. The summed E-state index contributed by atoms with van der Waals surface area (Å²) in [4.78, 5) is 32.2. The average Bonchev–Trinajstić information content (AvgIpc) is 3.02. The van der Waals surface area contributed by atoms with E-state index in [0.29, 0.717) is 63.3 Å². The molecule has 0 atom stereocenters. The summed E-state index contributed by atoms with van der Waals surface area (Å²) in [6.45, 7) is 32.2. The minimum absolute atomic E-state index is 0.139. The summed E-state index contributed by atoms with van der Waals surface area (Å²) >= 11 is 0. The minimum atomic E-state index is -1.05. The van der Waals surface area contributed by atoms with Gasteiger partial charge in [-0.2, -0.15) is 35.2 Å². The molecule has 0 amide bonds. The fourth-order valence-electron chi connectivity index (χ4n) is 11.7. The first-order valence-corrected chi connectivity index (χ1v) is 20.9. The van der Waals surface area contributed by atoms with Crippen molar-refractivity contribution in [2.24, 2.45) is 0 Å². The van der Waals surface area contributed by atoms with E-state index in [1.165, 1.54) is 20.3 Å². The third kappa shape index (κ3) is 8.89. The maximum atomic E-state index is 12.0. The van der Waals surface area contributed by atoms with E-state index in [0.717, 1.165) is 0 Å². The molecule has 0 aliphatic carbocycles. The van der Waals surface area contributed by atoms with Crippen molar-refractivity contribution in [1.29, 1.82) is 0 Å². The van der Waals surface area contributed by atoms with Gasteiger partial charge in [-0.25, -0.2) is 0 Å². The molecule has 0 bridgehead atoms. The Labute approximate surface area is 341 Å². The fraction of sp³-hybridized carbons (Fsp3) is 0.902. The molecule has 4 fully saturated rings. The Balaban J connectivity index is 1.78. The Hall–Kier alpha value is -2.44. The van der Waals surface area contributed by atoms with Gasteiger partial charge in [0.05, 0.1) is 0 Å². The second kappa shape index (κ2) is 14.6. The van der Waals surface area contributed by atoms with Crippen molar-refractivity contribution >= 4 is 23.8 Å². The highest BCUT2D eigenvalue weighted by Gasteiger charge is 2.55. The summed E-state index contributed by atoms with van der Waals surface area (Å²) in [6, 6.07) is -0.603. The SMILES string of the molecule is CC1(C)CC(N(c2nc(NCC(=O)O)nc(N(C3CC(C)(C)N(O)C(C)(C)C3)C3CC(C)(C)N(O)C(C)(C)C3)n2)C2CC(C)(C)N(O)C(C)(C)C2)CC(C)(C)N1O. The molecule has 4 saturated heterocycles. The van der Waals surface area contributed by atoms with Gasteiger partial charge in [-0.3, -0.25) is 4.79 Å². The highest BCUT2D eigenvalue weighted by atomic mass is 16.5. The van der Waals surface area contributed by atoms with Crippen molar-refractivity contribution in [2.45, 2.75) is 231 Å². The summed E-state index contributed by atoms with van der Waals surface area (Å²) in [5, 5.41) is 64.5. The number of carboxylic acid groups (broad SMARTS) is 1. The number of nitrogens with zero attached hydrogens (tertiary/aromatic N) is 9. The topological polar surface area (TPSA) is 188 Å². The summed E-state index contributed by atoms with van der Waals surface area (Å²) in [7, 11) is 0. The third-order valence-corrected chi connectivity index (χ3v) is 13.5. The quantitative estimate of drug-likeness (QED) is 0.156. The lowest BCUT2D eigenvalue weighted by Gasteiger charge is -2.58. The third-order valence-electron chi connectivity index (χ3n) is 13.5. The Bertz CT molecular complexity index is 1380. The highest BCUT2D eigenvalue weighted by molar-refractivity contribution is 5.72. The van der Waals surface area contributed by atoms with E-state index in [-0.39, 0.29) is 30.1 Å². The van der Waals surface area contributed by atoms with Gasteiger partial charge in [0.1, 0.15) is 6.54 Å². The van der Waals surface area contributed by atoms with Gasteiger partial charge in [0.15, 0.2) is 0 Å². The maximum Gasteiger partial charge on any atom is 0.322 e. The molecule has 0 aromatic carbocycles. The molecule has 1 aromatic rings. The predicted molar refractivity (Wildman–Crippen MR) is 220 cm³/mol. The molecule has 16 nitrogen and oxygen atoms in total. The lowest BCUT2D eigenvalue weighted by molar-refractivity contribution is -0.251. The van der Waals surface area contributed by atoms with Crippen molar-refractivity contribution in [2.75, 3.05) is 21.7 Å². The number of nitrogens with one attached hydrogen (secondary N) is 1. The molecule has 0 saturated carbocycles. The molecule has 16 heteroatoms. The number of hydrogen-bond acceptors (Lipinski definition) is 15. The lowest BCUT2D eigenvalue weighted by Crippen LogP contribution is -2.68. The maximum absolute atomic E-state index is 12.0. The van der Waals surface area contributed by atoms with Gasteiger partial charge in [-0.1, -0.05) is 0 Å². The van der Waals surface area contributed by atoms with Gasteiger partial charge >= 0.3 is 5.97 Å². The molecular formula is C41H76N10O6. The van der Waals surface area contributed by atoms with E-state index in [1.54, 1.807) is 0 Å². The lowest BCUT2D eigenvalue weighted by atomic mass is 9.74. The van der Waals surface area contributed by atoms with E-state index in [1.807, 2.05) is 111 Å². The molecule has 0 spiro atoms. The zero-order chi connectivity index (χ0) is 43.3. The van der Waals surface area contributed by atoms with Crippen LogP contribution in [0.1, 0.15) is 162 Å². The Morgan fingerprint density at radius 2 is 0.702 bits per heavy atom. The van der Waals surface area contributed by atoms with Crippen molar-refractivity contribution in [1.82, 2.24) is 35.2 Å². The van der Waals surface area contributed by atoms with Crippen LogP contribution in [-0.2, 0) is 4.79 Å². The number of anilines is 3. The largest absolute Gasteiger partial charge is 0.480 e. The van der Waals surface area contributed by atoms with Gasteiger partial charge in [0.25, 0.3) is 0 Å². The predicted octanol–water partition coefficient (Wildman–Crippen LogP) is 6.62. The molecule has 6 N–H and O–H groups in total. The number of carboxylic acids is 1. The summed E-state index contributed by atoms with van der Waals surface area (Å²) in [5.74, 6) is -0.109. The normalized spacial score (nSPS) is 28.2. The number of hydroxylamine groups is 8. The highest BCUT2D eigenvalue weighted by Crippen LogP contribution is 2.48. The number of aliphatic carboxylic acids is 1. The van der Waals surface area contributed by atoms with Gasteiger partial charge in [0.2, 0.25) is 17.8 Å². The van der Waals surface area contributed by atoms with Crippen molar-refractivity contribution in [3.8, 4) is 0 Å². The van der Waals surface area contributed by atoms with Crippen LogP contribution in [0.5, 0.6) is 0 Å². The first-order valence-electron chi connectivity index (χ1n) is 20.9. The van der Waals surface area contributed by atoms with Gasteiger partial charge in [-0.15, -0.1) is 0 Å². The Morgan fingerprint density at radius 1 is 0.491 bits per heavy atom. The molecule has 0 radical (unpaired) electrons. The smallest absolute Gasteiger partial charge is 0.322 e. The number of aromatic nitrogens is 3. The van der Waals surface area contributed by atoms with Crippen LogP contribution in [0.2, 0.25) is 0 Å². The molecule has 57 heavy (non-hydrogen) atoms. The van der Waals surface area contributed by atoms with Crippen LogP contribution >= 0.6 is 0 Å². The first-order chi connectivity index (χ1) is 25.6. The fourth-order valence-corrected chi connectivity index (χ4v) is 11.7. The van der Waals surface area contributed by atoms with Crippen LogP contribution in [0, 0.1) is 0 Å². The number of carbonyl (C=O) groups is 1. The Morgan fingerprint density at radius 3 is 0.895 bits per heavy atom. The van der Waals surface area contributed by atoms with Crippen LogP contribution in [0.3, 0.4) is 0 Å². The standard InChI is InChI=1S/C41H76N10O6/c1-34(2)17-26(18-35(3,4)48(34)54)46(27-19-36(5,6)49(55)37(7,8)20-27)32-43-31(42-25-30(52)53)44-33(45-32)47(28-21-38(9,10)50(56)39(11,12)22-28)29-23-40(13,14)51(57)41(15,16)24-29/h26-29,54-57H,17-25H2,1-16H3,(H,52,53)(H,42,43,44,45). The van der Waals surface area contributed by atoms with Crippen molar-refractivity contribution in [3.05, 3.63) is 0 Å². The zero-order valence-electron chi connectivity index (χ0n) is 37.8. The van der Waals surface area contributed by atoms with E-state index in [9.17, 15) is 30.7 Å². The van der Waals surface area contributed by atoms with Crippen LogP contribution in [-0.4, -0.2) is 142 Å². The number of hydrogen-bond donors (Lipinski definition) is 6. The molecule has 326 valence electrons. The average molecular weight is 805 g/mol. The van der Waals surface area contributed by atoms with Gasteiger partial charge in [-0.05, 0) is 162 Å². The van der Waals surface area contributed by atoms with E-state index in [2.05, 4.69) is 15.1 Å². The van der Waals surface area contributed by atoms with E-state index >= 15 is 0 Å². The Kier molecular flexibility index (Phi) is 11.7. The molecular weight excluding hydrogens is 729 g/mol. The van der Waals surface area contributed by atoms with Gasteiger partial charge < -0.3 is 41.1 Å². The van der Waals surface area contributed by atoms with Crippen molar-refractivity contribution < 1.29 is 30.7 Å². The molecule has 0 unspecified atom stereocenters.